The number of carbonyl (C=O) groups is 1. The van der Waals surface area contributed by atoms with Crippen molar-refractivity contribution in [2.24, 2.45) is 10.9 Å². The van der Waals surface area contributed by atoms with Crippen molar-refractivity contribution in [2.75, 3.05) is 6.54 Å². The average molecular weight is 310 g/mol. The first-order valence-electron chi connectivity index (χ1n) is 7.06. The SMILES string of the molecule is Cc1cc(C(=O)N(C/C(N)=N/O)C2CCCC2)ccc1Cl. The van der Waals surface area contributed by atoms with Crippen LogP contribution in [0.1, 0.15) is 41.6 Å². The first-order chi connectivity index (χ1) is 10.0. The molecule has 3 N–H and O–H groups in total. The number of nitrogens with zero attached hydrogens (tertiary/aromatic N) is 2. The fraction of sp³-hybridized carbons (Fsp3) is 0.467. The Kier molecular flexibility index (Phi) is 5.07. The number of amides is 1. The van der Waals surface area contributed by atoms with Crippen molar-refractivity contribution >= 4 is 23.3 Å². The molecule has 1 saturated carbocycles. The number of benzene rings is 1. The van der Waals surface area contributed by atoms with Crippen LogP contribution in [-0.4, -0.2) is 34.4 Å². The third kappa shape index (κ3) is 3.67. The number of hydrogen-bond acceptors (Lipinski definition) is 3. The summed E-state index contributed by atoms with van der Waals surface area (Å²) in [5, 5.41) is 12.4. The topological polar surface area (TPSA) is 78.9 Å². The molecule has 0 saturated heterocycles. The molecule has 0 aromatic heterocycles. The summed E-state index contributed by atoms with van der Waals surface area (Å²) in [4.78, 5) is 14.4. The molecule has 1 amide bonds. The summed E-state index contributed by atoms with van der Waals surface area (Å²) < 4.78 is 0. The standard InChI is InChI=1S/C15H20ClN3O2/c1-10-8-11(6-7-13(10)16)15(20)19(9-14(17)18-21)12-4-2-3-5-12/h6-8,12,21H,2-5,9H2,1H3,(H2,17,18). The summed E-state index contributed by atoms with van der Waals surface area (Å²) in [7, 11) is 0. The fourth-order valence-corrected chi connectivity index (χ4v) is 2.85. The Hall–Kier alpha value is -1.75. The minimum Gasteiger partial charge on any atom is -0.409 e. The largest absolute Gasteiger partial charge is 0.409 e. The number of rotatable bonds is 4. The highest BCUT2D eigenvalue weighted by molar-refractivity contribution is 6.31. The average Bonchev–Trinajstić information content (AvgIpc) is 3.00. The van der Waals surface area contributed by atoms with Crippen LogP contribution in [0.4, 0.5) is 0 Å². The molecule has 0 aliphatic heterocycles. The van der Waals surface area contributed by atoms with E-state index in [1.165, 1.54) is 0 Å². The molecule has 1 fully saturated rings. The summed E-state index contributed by atoms with van der Waals surface area (Å²) in [6.45, 7) is 2.00. The van der Waals surface area contributed by atoms with Crippen LogP contribution in [0.3, 0.4) is 0 Å². The van der Waals surface area contributed by atoms with Crippen LogP contribution in [0.5, 0.6) is 0 Å². The Balaban J connectivity index is 2.25. The number of hydrogen-bond donors (Lipinski definition) is 2. The molecule has 0 spiro atoms. The van der Waals surface area contributed by atoms with E-state index in [4.69, 9.17) is 22.5 Å². The van der Waals surface area contributed by atoms with Gasteiger partial charge in [0.05, 0.1) is 6.54 Å². The molecule has 0 atom stereocenters. The highest BCUT2D eigenvalue weighted by Gasteiger charge is 2.28. The van der Waals surface area contributed by atoms with Crippen molar-refractivity contribution in [3.63, 3.8) is 0 Å². The summed E-state index contributed by atoms with van der Waals surface area (Å²) >= 11 is 6.00. The van der Waals surface area contributed by atoms with Crippen molar-refractivity contribution in [3.05, 3.63) is 34.3 Å². The Labute approximate surface area is 129 Å². The van der Waals surface area contributed by atoms with Crippen molar-refractivity contribution < 1.29 is 10.0 Å². The van der Waals surface area contributed by atoms with E-state index in [0.29, 0.717) is 10.6 Å². The third-order valence-electron chi connectivity index (χ3n) is 3.89. The summed E-state index contributed by atoms with van der Waals surface area (Å²) in [6, 6.07) is 5.36. The molecular formula is C15H20ClN3O2. The lowest BCUT2D eigenvalue weighted by atomic mass is 10.1. The van der Waals surface area contributed by atoms with E-state index in [2.05, 4.69) is 5.16 Å². The molecule has 21 heavy (non-hydrogen) atoms. The highest BCUT2D eigenvalue weighted by Crippen LogP contribution is 2.25. The van der Waals surface area contributed by atoms with E-state index in [1.54, 1.807) is 23.1 Å². The van der Waals surface area contributed by atoms with Gasteiger partial charge in [-0.2, -0.15) is 0 Å². The minimum atomic E-state index is -0.103. The molecule has 1 aliphatic rings. The number of carbonyl (C=O) groups excluding carboxylic acids is 1. The number of halogens is 1. The number of oxime groups is 1. The zero-order valence-electron chi connectivity index (χ0n) is 12.1. The van der Waals surface area contributed by atoms with Gasteiger partial charge in [-0.3, -0.25) is 4.79 Å². The minimum absolute atomic E-state index is 0.0425. The maximum Gasteiger partial charge on any atom is 0.254 e. The highest BCUT2D eigenvalue weighted by atomic mass is 35.5. The van der Waals surface area contributed by atoms with Crippen molar-refractivity contribution in [1.29, 1.82) is 0 Å². The van der Waals surface area contributed by atoms with Gasteiger partial charge in [0.2, 0.25) is 0 Å². The molecule has 114 valence electrons. The van der Waals surface area contributed by atoms with Crippen LogP contribution in [0.2, 0.25) is 5.02 Å². The second-order valence-electron chi connectivity index (χ2n) is 5.43. The third-order valence-corrected chi connectivity index (χ3v) is 4.32. The molecule has 1 aromatic carbocycles. The molecule has 0 bridgehead atoms. The van der Waals surface area contributed by atoms with E-state index in [9.17, 15) is 4.79 Å². The van der Waals surface area contributed by atoms with Gasteiger partial charge < -0.3 is 15.8 Å². The second-order valence-corrected chi connectivity index (χ2v) is 5.83. The Morgan fingerprint density at radius 3 is 2.71 bits per heavy atom. The maximum absolute atomic E-state index is 12.7. The molecule has 6 heteroatoms. The molecule has 1 aromatic rings. The van der Waals surface area contributed by atoms with Crippen LogP contribution in [0, 0.1) is 6.92 Å². The molecule has 1 aliphatic carbocycles. The van der Waals surface area contributed by atoms with Crippen LogP contribution in [-0.2, 0) is 0 Å². The van der Waals surface area contributed by atoms with Crippen molar-refractivity contribution in [3.8, 4) is 0 Å². The van der Waals surface area contributed by atoms with Crippen molar-refractivity contribution in [1.82, 2.24) is 4.90 Å². The van der Waals surface area contributed by atoms with Crippen molar-refractivity contribution in [2.45, 2.75) is 38.6 Å². The fourth-order valence-electron chi connectivity index (χ4n) is 2.73. The lowest BCUT2D eigenvalue weighted by Gasteiger charge is -2.28. The predicted molar refractivity (Wildman–Crippen MR) is 82.9 cm³/mol. The molecule has 5 nitrogen and oxygen atoms in total. The van der Waals surface area contributed by atoms with E-state index >= 15 is 0 Å². The lowest BCUT2D eigenvalue weighted by molar-refractivity contribution is 0.0712. The van der Waals surface area contributed by atoms with Crippen LogP contribution < -0.4 is 5.73 Å². The van der Waals surface area contributed by atoms with Gasteiger partial charge in [0, 0.05) is 16.6 Å². The van der Waals surface area contributed by atoms with Gasteiger partial charge in [-0.15, -0.1) is 0 Å². The smallest absolute Gasteiger partial charge is 0.254 e. The number of amidine groups is 1. The van der Waals surface area contributed by atoms with Gasteiger partial charge in [0.1, 0.15) is 0 Å². The quantitative estimate of drug-likeness (QED) is 0.388. The Morgan fingerprint density at radius 1 is 1.48 bits per heavy atom. The zero-order chi connectivity index (χ0) is 15.4. The molecule has 2 rings (SSSR count). The first kappa shape index (κ1) is 15.6. The van der Waals surface area contributed by atoms with Crippen LogP contribution in [0.25, 0.3) is 0 Å². The van der Waals surface area contributed by atoms with Gasteiger partial charge in [0.25, 0.3) is 5.91 Å². The van der Waals surface area contributed by atoms with Crippen LogP contribution in [0.15, 0.2) is 23.4 Å². The van der Waals surface area contributed by atoms with Gasteiger partial charge in [-0.05, 0) is 43.5 Å². The second kappa shape index (κ2) is 6.80. The molecular weight excluding hydrogens is 290 g/mol. The Bertz CT molecular complexity index is 554. The predicted octanol–water partition coefficient (Wildman–Crippen LogP) is 2.78. The van der Waals surface area contributed by atoms with E-state index in [-0.39, 0.29) is 24.3 Å². The molecule has 0 heterocycles. The Morgan fingerprint density at radius 2 is 2.14 bits per heavy atom. The van der Waals surface area contributed by atoms with Gasteiger partial charge >= 0.3 is 0 Å². The maximum atomic E-state index is 12.7. The molecule has 0 radical (unpaired) electrons. The van der Waals surface area contributed by atoms with E-state index < -0.39 is 0 Å². The normalized spacial score (nSPS) is 16.2. The summed E-state index contributed by atoms with van der Waals surface area (Å²) in [6.07, 6.45) is 4.11. The lowest BCUT2D eigenvalue weighted by Crippen LogP contribution is -2.44. The van der Waals surface area contributed by atoms with E-state index in [1.807, 2.05) is 6.92 Å². The number of nitrogens with two attached hydrogens (primary N) is 1. The zero-order valence-corrected chi connectivity index (χ0v) is 12.8. The first-order valence-corrected chi connectivity index (χ1v) is 7.44. The van der Waals surface area contributed by atoms with Crippen LogP contribution >= 0.6 is 11.6 Å². The monoisotopic (exact) mass is 309 g/mol. The van der Waals surface area contributed by atoms with E-state index in [0.717, 1.165) is 31.2 Å². The van der Waals surface area contributed by atoms with Gasteiger partial charge in [-0.25, -0.2) is 0 Å². The number of aryl methyl sites for hydroxylation is 1. The van der Waals surface area contributed by atoms with Gasteiger partial charge in [-0.1, -0.05) is 29.6 Å². The van der Waals surface area contributed by atoms with Gasteiger partial charge in [0.15, 0.2) is 5.84 Å². The summed E-state index contributed by atoms with van der Waals surface area (Å²) in [5.74, 6) is -0.0609. The molecule has 0 unspecified atom stereocenters. The summed E-state index contributed by atoms with van der Waals surface area (Å²) in [5.41, 5.74) is 7.03.